The summed E-state index contributed by atoms with van der Waals surface area (Å²) in [5, 5.41) is 0.216. The third-order valence-corrected chi connectivity index (χ3v) is 10.1. The highest BCUT2D eigenvalue weighted by Gasteiger charge is 2.40. The molecule has 0 radical (unpaired) electrons. The molecule has 0 bridgehead atoms. The standard InChI is InChI=1S/C19H39NO4Si/c1-17(2,3)24-16(21)20-13-10-19(22-7,11-14-20)12-15-23-25(8,9)18(4,5)6/h10-15H2,1-9H3. The molecule has 0 unspecified atom stereocenters. The molecule has 1 saturated heterocycles. The van der Waals surface area contributed by atoms with Crippen LogP contribution in [-0.2, 0) is 13.9 Å². The van der Waals surface area contributed by atoms with Crippen LogP contribution < -0.4 is 0 Å². The van der Waals surface area contributed by atoms with E-state index in [2.05, 4.69) is 33.9 Å². The molecule has 0 aromatic rings. The van der Waals surface area contributed by atoms with Crippen molar-refractivity contribution in [2.24, 2.45) is 0 Å². The summed E-state index contributed by atoms with van der Waals surface area (Å²) in [6, 6.07) is 0. The minimum absolute atomic E-state index is 0.194. The third kappa shape index (κ3) is 6.57. The van der Waals surface area contributed by atoms with Crippen molar-refractivity contribution in [2.45, 2.75) is 90.1 Å². The van der Waals surface area contributed by atoms with Crippen LogP contribution in [0.15, 0.2) is 0 Å². The second-order valence-electron chi connectivity index (χ2n) is 9.71. The zero-order chi connectivity index (χ0) is 19.5. The van der Waals surface area contributed by atoms with Crippen LogP contribution in [0.5, 0.6) is 0 Å². The smallest absolute Gasteiger partial charge is 0.410 e. The van der Waals surface area contributed by atoms with Gasteiger partial charge in [-0.2, -0.15) is 0 Å². The van der Waals surface area contributed by atoms with Gasteiger partial charge in [-0.05, 0) is 58.2 Å². The quantitative estimate of drug-likeness (QED) is 0.649. The number of carbonyl (C=O) groups is 1. The zero-order valence-corrected chi connectivity index (χ0v) is 18.8. The van der Waals surface area contributed by atoms with E-state index in [4.69, 9.17) is 13.9 Å². The van der Waals surface area contributed by atoms with Gasteiger partial charge in [0.15, 0.2) is 8.32 Å². The molecule has 1 heterocycles. The van der Waals surface area contributed by atoms with E-state index in [-0.39, 0.29) is 16.7 Å². The van der Waals surface area contributed by atoms with Crippen molar-refractivity contribution in [3.05, 3.63) is 0 Å². The number of rotatable bonds is 5. The molecule has 0 aromatic carbocycles. The predicted molar refractivity (Wildman–Crippen MR) is 105 cm³/mol. The van der Waals surface area contributed by atoms with Crippen LogP contribution in [-0.4, -0.2) is 57.3 Å². The molecule has 1 amide bonds. The summed E-state index contributed by atoms with van der Waals surface area (Å²) in [4.78, 5) is 14.0. The lowest BCUT2D eigenvalue weighted by Crippen LogP contribution is -2.50. The molecule has 1 aliphatic heterocycles. The van der Waals surface area contributed by atoms with Crippen molar-refractivity contribution in [1.82, 2.24) is 4.90 Å². The normalized spacial score (nSPS) is 19.0. The van der Waals surface area contributed by atoms with Crippen LogP contribution in [0.25, 0.3) is 0 Å². The van der Waals surface area contributed by atoms with Gasteiger partial charge in [0.2, 0.25) is 0 Å². The lowest BCUT2D eigenvalue weighted by atomic mass is 9.88. The molecule has 1 rings (SSSR count). The molecular weight excluding hydrogens is 334 g/mol. The van der Waals surface area contributed by atoms with Crippen molar-refractivity contribution in [2.75, 3.05) is 26.8 Å². The highest BCUT2D eigenvalue weighted by Crippen LogP contribution is 2.37. The minimum atomic E-state index is -1.73. The van der Waals surface area contributed by atoms with E-state index < -0.39 is 13.9 Å². The molecule has 0 saturated carbocycles. The maximum absolute atomic E-state index is 12.2. The summed E-state index contributed by atoms with van der Waals surface area (Å²) in [5.74, 6) is 0. The predicted octanol–water partition coefficient (Wildman–Crippen LogP) is 4.81. The number of methoxy groups -OCH3 is 1. The second-order valence-corrected chi connectivity index (χ2v) is 14.5. The van der Waals surface area contributed by atoms with Gasteiger partial charge in [0.05, 0.1) is 5.60 Å². The lowest BCUT2D eigenvalue weighted by Gasteiger charge is -2.42. The van der Waals surface area contributed by atoms with Crippen molar-refractivity contribution < 1.29 is 18.7 Å². The minimum Gasteiger partial charge on any atom is -0.444 e. The Hall–Kier alpha value is -0.593. The summed E-state index contributed by atoms with van der Waals surface area (Å²) >= 11 is 0. The maximum atomic E-state index is 12.2. The van der Waals surface area contributed by atoms with Crippen LogP contribution in [0.4, 0.5) is 4.79 Å². The van der Waals surface area contributed by atoms with E-state index in [0.29, 0.717) is 13.1 Å². The Kier molecular flexibility index (Phi) is 7.15. The summed E-state index contributed by atoms with van der Waals surface area (Å²) in [6.07, 6.45) is 2.29. The van der Waals surface area contributed by atoms with Gasteiger partial charge in [-0.25, -0.2) is 4.79 Å². The first-order valence-corrected chi connectivity index (χ1v) is 12.3. The van der Waals surface area contributed by atoms with Gasteiger partial charge in [0.1, 0.15) is 5.60 Å². The summed E-state index contributed by atoms with van der Waals surface area (Å²) in [6.45, 7) is 19.1. The maximum Gasteiger partial charge on any atom is 0.410 e. The van der Waals surface area contributed by atoms with Crippen LogP contribution >= 0.6 is 0 Å². The van der Waals surface area contributed by atoms with Gasteiger partial charge in [-0.1, -0.05) is 20.8 Å². The van der Waals surface area contributed by atoms with E-state index in [9.17, 15) is 4.79 Å². The van der Waals surface area contributed by atoms with Crippen LogP contribution in [0.3, 0.4) is 0 Å². The van der Waals surface area contributed by atoms with E-state index in [1.165, 1.54) is 0 Å². The Morgan fingerprint density at radius 3 is 2.00 bits per heavy atom. The van der Waals surface area contributed by atoms with Gasteiger partial charge >= 0.3 is 6.09 Å². The molecule has 25 heavy (non-hydrogen) atoms. The van der Waals surface area contributed by atoms with E-state index in [0.717, 1.165) is 25.9 Å². The Balaban J connectivity index is 2.54. The highest BCUT2D eigenvalue weighted by atomic mass is 28.4. The number of nitrogens with zero attached hydrogens (tertiary/aromatic N) is 1. The van der Waals surface area contributed by atoms with Crippen LogP contribution in [0.2, 0.25) is 18.1 Å². The monoisotopic (exact) mass is 373 g/mol. The van der Waals surface area contributed by atoms with Gasteiger partial charge in [-0.3, -0.25) is 0 Å². The van der Waals surface area contributed by atoms with Gasteiger partial charge < -0.3 is 18.8 Å². The van der Waals surface area contributed by atoms with Crippen molar-refractivity contribution in [3.8, 4) is 0 Å². The second kappa shape index (κ2) is 7.97. The first-order chi connectivity index (χ1) is 11.2. The topological polar surface area (TPSA) is 48.0 Å². The van der Waals surface area contributed by atoms with Gasteiger partial charge in [-0.15, -0.1) is 0 Å². The molecular formula is C19H39NO4Si. The third-order valence-electron chi connectivity index (χ3n) is 5.59. The molecule has 6 heteroatoms. The molecule has 5 nitrogen and oxygen atoms in total. The number of hydrogen-bond donors (Lipinski definition) is 0. The first kappa shape index (κ1) is 22.4. The van der Waals surface area contributed by atoms with Crippen molar-refractivity contribution in [3.63, 3.8) is 0 Å². The Bertz CT molecular complexity index is 443. The van der Waals surface area contributed by atoms with Crippen LogP contribution in [0, 0.1) is 0 Å². The molecule has 0 atom stereocenters. The number of ether oxygens (including phenoxy) is 2. The summed E-state index contributed by atoms with van der Waals surface area (Å²) in [7, 11) is 0.0399. The van der Waals surface area contributed by atoms with Gasteiger partial charge in [0, 0.05) is 26.8 Å². The molecule has 0 aliphatic carbocycles. The summed E-state index contributed by atoms with van der Waals surface area (Å²) in [5.41, 5.74) is -0.648. The van der Waals surface area contributed by atoms with Crippen molar-refractivity contribution in [1.29, 1.82) is 0 Å². The molecule has 1 aliphatic rings. The first-order valence-electron chi connectivity index (χ1n) is 9.38. The van der Waals surface area contributed by atoms with E-state index >= 15 is 0 Å². The van der Waals surface area contributed by atoms with E-state index in [1.54, 1.807) is 12.0 Å². The Morgan fingerprint density at radius 2 is 1.60 bits per heavy atom. The fourth-order valence-corrected chi connectivity index (χ4v) is 3.73. The summed E-state index contributed by atoms with van der Waals surface area (Å²) < 4.78 is 17.7. The van der Waals surface area contributed by atoms with Crippen molar-refractivity contribution >= 4 is 14.4 Å². The number of piperidine rings is 1. The fraction of sp³-hybridized carbons (Fsp3) is 0.947. The Labute approximate surface area is 155 Å². The molecule has 0 spiro atoms. The zero-order valence-electron chi connectivity index (χ0n) is 17.8. The number of carbonyl (C=O) groups excluding carboxylic acids is 1. The number of likely N-dealkylation sites (tertiary alicyclic amines) is 1. The molecule has 148 valence electrons. The van der Waals surface area contributed by atoms with E-state index in [1.807, 2.05) is 20.8 Å². The molecule has 1 fully saturated rings. The van der Waals surface area contributed by atoms with Gasteiger partial charge in [0.25, 0.3) is 0 Å². The molecule has 0 N–H and O–H groups in total. The highest BCUT2D eigenvalue weighted by molar-refractivity contribution is 6.74. The molecule has 0 aromatic heterocycles. The average molecular weight is 374 g/mol. The average Bonchev–Trinajstić information content (AvgIpc) is 2.44. The SMILES string of the molecule is COC1(CCO[Si](C)(C)C(C)(C)C)CCN(C(=O)OC(C)(C)C)CC1. The number of hydrogen-bond acceptors (Lipinski definition) is 4. The Morgan fingerprint density at radius 1 is 1.08 bits per heavy atom. The fourth-order valence-electron chi connectivity index (χ4n) is 2.69. The lowest BCUT2D eigenvalue weighted by molar-refractivity contribution is -0.0710. The van der Waals surface area contributed by atoms with Crippen LogP contribution in [0.1, 0.15) is 60.8 Å². The number of amides is 1. The largest absolute Gasteiger partial charge is 0.444 e.